The average Bonchev–Trinajstić information content (AvgIpc) is 0.805. The Labute approximate surface area is 613 Å². The van der Waals surface area contributed by atoms with Crippen LogP contribution in [-0.2, 0) is 0 Å². The number of aromatic nitrogens is 10. The number of hydrogen-bond acceptors (Lipinski definition) is 12. The van der Waals surface area contributed by atoms with Gasteiger partial charge in [-0.1, -0.05) is 315 Å². The standard InChI is InChI=1S/C50H32N6.C44H28N6/c51-33-34-19-21-35(22-20-34)36-23-27-38(28-24-36)45-32-46(53-47(52-45)40-11-4-1-5-12-40)39-29-25-37(26-30-39)43-17-10-18-44(31-43)50-55-48(41-13-6-2-7-14-41)54-49(56-50)42-15-8-3-9-16-42;45-29-30-12-10-20-37(26-30)43-48-42(35-17-8-3-9-18-35)49-44(50-43)38-21-11-19-36(27-38)31-22-24-33(25-23-31)40-28-39(32-13-4-1-5-14-32)46-41(47-40)34-15-6-2-7-16-34/h1-32H;1-28H. The molecule has 0 aliphatic rings. The van der Waals surface area contributed by atoms with Crippen LogP contribution >= 0.6 is 0 Å². The van der Waals surface area contributed by atoms with Gasteiger partial charge in [-0.05, 0) is 81.9 Å². The van der Waals surface area contributed by atoms with Crippen LogP contribution in [-0.4, -0.2) is 49.8 Å². The first-order valence-corrected chi connectivity index (χ1v) is 34.5. The van der Waals surface area contributed by atoms with Gasteiger partial charge in [0, 0.05) is 66.8 Å². The maximum absolute atomic E-state index is 9.50. The molecule has 0 saturated heterocycles. The largest absolute Gasteiger partial charge is 0.228 e. The van der Waals surface area contributed by atoms with Crippen molar-refractivity contribution in [3.63, 3.8) is 0 Å². The summed E-state index contributed by atoms with van der Waals surface area (Å²) < 4.78 is 0. The van der Waals surface area contributed by atoms with Gasteiger partial charge in [-0.15, -0.1) is 0 Å². The highest BCUT2D eigenvalue weighted by atomic mass is 15.0. The van der Waals surface area contributed by atoms with Crippen molar-refractivity contribution in [1.29, 1.82) is 10.5 Å². The van der Waals surface area contributed by atoms with Gasteiger partial charge < -0.3 is 0 Å². The summed E-state index contributed by atoms with van der Waals surface area (Å²) in [6, 6.07) is 125. The lowest BCUT2D eigenvalue weighted by Crippen LogP contribution is -2.00. The molecule has 0 saturated carbocycles. The Bertz CT molecular complexity index is 5920. The van der Waals surface area contributed by atoms with Crippen LogP contribution in [0.2, 0.25) is 0 Å². The van der Waals surface area contributed by atoms with E-state index in [1.807, 2.05) is 243 Å². The minimum atomic E-state index is 0.510. The molecule has 0 radical (unpaired) electrons. The van der Waals surface area contributed by atoms with Gasteiger partial charge in [-0.2, -0.15) is 10.5 Å². The van der Waals surface area contributed by atoms with E-state index in [0.717, 1.165) is 123 Å². The lowest BCUT2D eigenvalue weighted by atomic mass is 9.99. The second kappa shape index (κ2) is 30.5. The van der Waals surface area contributed by atoms with E-state index in [0.29, 0.717) is 57.7 Å². The summed E-state index contributed by atoms with van der Waals surface area (Å²) in [5.41, 5.74) is 22.1. The molecule has 0 unspecified atom stereocenters. The van der Waals surface area contributed by atoms with E-state index in [2.05, 4.69) is 121 Å². The molecular weight excluding hydrogens is 1300 g/mol. The van der Waals surface area contributed by atoms with Crippen LogP contribution in [0.15, 0.2) is 364 Å². The van der Waals surface area contributed by atoms with E-state index >= 15 is 0 Å². The van der Waals surface area contributed by atoms with Gasteiger partial charge in [-0.3, -0.25) is 0 Å². The molecule has 0 spiro atoms. The van der Waals surface area contributed by atoms with Crippen molar-refractivity contribution in [2.24, 2.45) is 0 Å². The van der Waals surface area contributed by atoms with E-state index < -0.39 is 0 Å². The van der Waals surface area contributed by atoms with Crippen LogP contribution < -0.4 is 0 Å². The van der Waals surface area contributed by atoms with Crippen molar-refractivity contribution < 1.29 is 0 Å². The summed E-state index contributed by atoms with van der Waals surface area (Å²) in [6.07, 6.45) is 0. The summed E-state index contributed by atoms with van der Waals surface area (Å²) in [6.45, 7) is 0. The summed E-state index contributed by atoms with van der Waals surface area (Å²) in [5.74, 6) is 4.85. The van der Waals surface area contributed by atoms with Gasteiger partial charge in [0.2, 0.25) is 0 Å². The molecule has 0 amide bonds. The van der Waals surface area contributed by atoms with Gasteiger partial charge in [0.05, 0.1) is 46.0 Å². The molecule has 4 heterocycles. The third kappa shape index (κ3) is 14.9. The summed E-state index contributed by atoms with van der Waals surface area (Å²) in [5, 5.41) is 18.7. The molecule has 13 aromatic carbocycles. The monoisotopic (exact) mass is 1360 g/mol. The molecule has 0 N–H and O–H groups in total. The Balaban J connectivity index is 0.000000164. The van der Waals surface area contributed by atoms with E-state index in [1.54, 1.807) is 12.1 Å². The number of nitriles is 2. The molecule has 12 nitrogen and oxygen atoms in total. The normalized spacial score (nSPS) is 10.8. The highest BCUT2D eigenvalue weighted by molar-refractivity contribution is 5.80. The maximum atomic E-state index is 9.50. The van der Waals surface area contributed by atoms with Crippen LogP contribution in [0.4, 0.5) is 0 Å². The first kappa shape index (κ1) is 65.6. The van der Waals surface area contributed by atoms with Crippen molar-refractivity contribution in [3.8, 4) is 182 Å². The SMILES string of the molecule is N#Cc1ccc(-c2ccc(-c3cc(-c4ccc(-c5cccc(-c6nc(-c7ccccc7)nc(-c7ccccc7)n6)c5)cc4)nc(-c4ccccc4)n3)cc2)cc1.N#Cc1cccc(-c2nc(-c3ccccc3)nc(-c3cccc(-c4ccc(-c5cc(-c6ccccc6)nc(-c6ccccc6)n5)cc4)c3)n2)c1. The van der Waals surface area contributed by atoms with Crippen LogP contribution in [0.3, 0.4) is 0 Å². The van der Waals surface area contributed by atoms with Gasteiger partial charge >= 0.3 is 0 Å². The average molecular weight is 1360 g/mol. The quantitative estimate of drug-likeness (QED) is 0.0950. The molecular formula is C94H60N12. The zero-order chi connectivity index (χ0) is 71.4. The lowest BCUT2D eigenvalue weighted by Gasteiger charge is -2.11. The van der Waals surface area contributed by atoms with Gasteiger partial charge in [0.15, 0.2) is 46.6 Å². The Morgan fingerprint density at radius 3 is 0.651 bits per heavy atom. The van der Waals surface area contributed by atoms with Crippen LogP contribution in [0.1, 0.15) is 11.1 Å². The second-order valence-electron chi connectivity index (χ2n) is 25.0. The Morgan fingerprint density at radius 2 is 0.349 bits per heavy atom. The molecule has 12 heteroatoms. The topological polar surface area (TPSA) is 176 Å². The molecule has 4 aromatic heterocycles. The molecule has 0 fully saturated rings. The highest BCUT2D eigenvalue weighted by Crippen LogP contribution is 2.36. The Kier molecular flexibility index (Phi) is 18.9. The highest BCUT2D eigenvalue weighted by Gasteiger charge is 2.19. The van der Waals surface area contributed by atoms with Crippen LogP contribution in [0, 0.1) is 22.7 Å². The fraction of sp³-hybridized carbons (Fsp3) is 0. The summed E-state index contributed by atoms with van der Waals surface area (Å²) in [7, 11) is 0. The number of hydrogen-bond donors (Lipinski definition) is 0. The fourth-order valence-corrected chi connectivity index (χ4v) is 12.5. The van der Waals surface area contributed by atoms with Crippen molar-refractivity contribution >= 4 is 0 Å². The molecule has 496 valence electrons. The zero-order valence-corrected chi connectivity index (χ0v) is 57.0. The minimum absolute atomic E-state index is 0.510. The number of nitrogens with zero attached hydrogens (tertiary/aromatic N) is 12. The van der Waals surface area contributed by atoms with Gasteiger partial charge in [0.1, 0.15) is 0 Å². The van der Waals surface area contributed by atoms with E-state index in [-0.39, 0.29) is 0 Å². The number of benzene rings is 13. The van der Waals surface area contributed by atoms with Gasteiger partial charge in [0.25, 0.3) is 0 Å². The lowest BCUT2D eigenvalue weighted by molar-refractivity contribution is 1.07. The summed E-state index contributed by atoms with van der Waals surface area (Å²) in [4.78, 5) is 49.3. The fourth-order valence-electron chi connectivity index (χ4n) is 12.5. The Hall–Kier alpha value is -15.0. The van der Waals surface area contributed by atoms with E-state index in [1.165, 1.54) is 0 Å². The molecule has 0 aliphatic carbocycles. The maximum Gasteiger partial charge on any atom is 0.164 e. The summed E-state index contributed by atoms with van der Waals surface area (Å²) >= 11 is 0. The van der Waals surface area contributed by atoms with Crippen molar-refractivity contribution in [1.82, 2.24) is 49.8 Å². The Morgan fingerprint density at radius 1 is 0.142 bits per heavy atom. The van der Waals surface area contributed by atoms with E-state index in [9.17, 15) is 10.5 Å². The van der Waals surface area contributed by atoms with Crippen LogP contribution in [0.5, 0.6) is 0 Å². The van der Waals surface area contributed by atoms with Crippen molar-refractivity contribution in [3.05, 3.63) is 375 Å². The third-order valence-electron chi connectivity index (χ3n) is 18.0. The van der Waals surface area contributed by atoms with Crippen LogP contribution in [0.25, 0.3) is 170 Å². The zero-order valence-electron chi connectivity index (χ0n) is 57.0. The minimum Gasteiger partial charge on any atom is -0.228 e. The molecule has 0 bridgehead atoms. The van der Waals surface area contributed by atoms with E-state index in [4.69, 9.17) is 49.8 Å². The second-order valence-corrected chi connectivity index (χ2v) is 25.0. The predicted octanol–water partition coefficient (Wildman–Crippen LogP) is 22.1. The molecule has 17 rings (SSSR count). The third-order valence-corrected chi connectivity index (χ3v) is 18.0. The van der Waals surface area contributed by atoms with Crippen molar-refractivity contribution in [2.45, 2.75) is 0 Å². The predicted molar refractivity (Wildman–Crippen MR) is 422 cm³/mol. The smallest absolute Gasteiger partial charge is 0.164 e. The number of rotatable bonds is 15. The molecule has 17 aromatic rings. The van der Waals surface area contributed by atoms with Crippen molar-refractivity contribution in [2.75, 3.05) is 0 Å². The van der Waals surface area contributed by atoms with Gasteiger partial charge in [-0.25, -0.2) is 49.8 Å². The molecule has 0 aliphatic heterocycles. The molecule has 0 atom stereocenters. The first-order chi connectivity index (χ1) is 52.4. The first-order valence-electron chi connectivity index (χ1n) is 34.5. The molecule has 106 heavy (non-hydrogen) atoms.